The summed E-state index contributed by atoms with van der Waals surface area (Å²) in [6.45, 7) is 5.06. The molecule has 1 unspecified atom stereocenters. The van der Waals surface area contributed by atoms with Gasteiger partial charge in [-0.2, -0.15) is 0 Å². The van der Waals surface area contributed by atoms with Gasteiger partial charge in [-0.25, -0.2) is 4.79 Å². The summed E-state index contributed by atoms with van der Waals surface area (Å²) in [6, 6.07) is -0.402. The van der Waals surface area contributed by atoms with E-state index >= 15 is 0 Å². The number of hydrogen-bond donors (Lipinski definition) is 1. The van der Waals surface area contributed by atoms with Crippen molar-refractivity contribution in [2.24, 2.45) is 0 Å². The number of nitrogens with zero attached hydrogens (tertiary/aromatic N) is 2. The lowest BCUT2D eigenvalue weighted by Gasteiger charge is -2.38. The summed E-state index contributed by atoms with van der Waals surface area (Å²) in [5, 5.41) is 8.81. The minimum atomic E-state index is -0.912. The molecular weight excluding hydrogens is 224 g/mol. The third-order valence-corrected chi connectivity index (χ3v) is 2.96. The lowest BCUT2D eigenvalue weighted by Crippen LogP contribution is -2.54. The number of aliphatic carboxylic acids is 1. The Morgan fingerprint density at radius 3 is 2.71 bits per heavy atom. The number of ether oxygens (including phenoxy) is 1. The number of urea groups is 1. The molecule has 0 bridgehead atoms. The van der Waals surface area contributed by atoms with Crippen molar-refractivity contribution in [2.45, 2.75) is 32.4 Å². The molecule has 0 aromatic rings. The average molecular weight is 244 g/mol. The molecule has 1 N–H and O–H groups in total. The number of carbonyl (C=O) groups is 2. The molecule has 1 fully saturated rings. The monoisotopic (exact) mass is 244 g/mol. The van der Waals surface area contributed by atoms with Gasteiger partial charge in [-0.3, -0.25) is 4.79 Å². The van der Waals surface area contributed by atoms with Crippen LogP contribution in [-0.2, 0) is 9.53 Å². The molecule has 0 aromatic carbocycles. The minimum Gasteiger partial charge on any atom is -0.481 e. The Morgan fingerprint density at radius 2 is 2.18 bits per heavy atom. The van der Waals surface area contributed by atoms with Gasteiger partial charge < -0.3 is 19.6 Å². The zero-order valence-electron chi connectivity index (χ0n) is 10.5. The van der Waals surface area contributed by atoms with Gasteiger partial charge in [0.1, 0.15) is 0 Å². The van der Waals surface area contributed by atoms with Crippen molar-refractivity contribution < 1.29 is 19.4 Å². The zero-order chi connectivity index (χ0) is 13.0. The largest absolute Gasteiger partial charge is 0.481 e. The quantitative estimate of drug-likeness (QED) is 0.790. The first kappa shape index (κ1) is 13.8. The third kappa shape index (κ3) is 3.59. The van der Waals surface area contributed by atoms with Crippen LogP contribution in [0.1, 0.15) is 20.3 Å². The first-order valence-corrected chi connectivity index (χ1v) is 5.76. The lowest BCUT2D eigenvalue weighted by atomic mass is 10.1. The Morgan fingerprint density at radius 1 is 1.53 bits per heavy atom. The third-order valence-electron chi connectivity index (χ3n) is 2.96. The number of carboxylic acids is 1. The van der Waals surface area contributed by atoms with Crippen LogP contribution in [0.15, 0.2) is 0 Å². The fraction of sp³-hybridized carbons (Fsp3) is 0.818. The molecule has 0 radical (unpaired) electrons. The lowest BCUT2D eigenvalue weighted by molar-refractivity contribution is -0.139. The number of rotatable bonds is 3. The van der Waals surface area contributed by atoms with E-state index < -0.39 is 5.97 Å². The maximum Gasteiger partial charge on any atom is 0.320 e. The molecule has 17 heavy (non-hydrogen) atoms. The summed E-state index contributed by atoms with van der Waals surface area (Å²) in [4.78, 5) is 26.1. The van der Waals surface area contributed by atoms with Crippen molar-refractivity contribution >= 4 is 12.0 Å². The Hall–Kier alpha value is -1.30. The van der Waals surface area contributed by atoms with E-state index in [0.717, 1.165) is 0 Å². The van der Waals surface area contributed by atoms with Crippen LogP contribution < -0.4 is 0 Å². The number of carboxylic acid groups (broad SMARTS) is 1. The van der Waals surface area contributed by atoms with Gasteiger partial charge in [0.25, 0.3) is 0 Å². The van der Waals surface area contributed by atoms with Crippen LogP contribution in [0.5, 0.6) is 0 Å². The van der Waals surface area contributed by atoms with Crippen molar-refractivity contribution in [1.29, 1.82) is 0 Å². The highest BCUT2D eigenvalue weighted by molar-refractivity contribution is 5.76. The zero-order valence-corrected chi connectivity index (χ0v) is 10.5. The average Bonchev–Trinajstić information content (AvgIpc) is 2.27. The van der Waals surface area contributed by atoms with Gasteiger partial charge in [-0.05, 0) is 13.8 Å². The van der Waals surface area contributed by atoms with Crippen LogP contribution in [0.25, 0.3) is 0 Å². The van der Waals surface area contributed by atoms with E-state index in [0.29, 0.717) is 19.8 Å². The van der Waals surface area contributed by atoms with Gasteiger partial charge >= 0.3 is 12.0 Å². The van der Waals surface area contributed by atoms with E-state index in [-0.39, 0.29) is 24.5 Å². The van der Waals surface area contributed by atoms with Gasteiger partial charge in [0.2, 0.25) is 0 Å². The molecule has 6 nitrogen and oxygen atoms in total. The van der Waals surface area contributed by atoms with E-state index in [4.69, 9.17) is 9.84 Å². The molecule has 6 heteroatoms. The highest BCUT2D eigenvalue weighted by Gasteiger charge is 2.31. The van der Waals surface area contributed by atoms with Gasteiger partial charge in [0.05, 0.1) is 25.7 Å². The Labute approximate surface area is 101 Å². The predicted molar refractivity (Wildman–Crippen MR) is 61.9 cm³/mol. The van der Waals surface area contributed by atoms with Gasteiger partial charge in [-0.1, -0.05) is 0 Å². The van der Waals surface area contributed by atoms with E-state index in [1.165, 1.54) is 0 Å². The summed E-state index contributed by atoms with van der Waals surface area (Å²) < 4.78 is 5.23. The Bertz CT molecular complexity index is 293. The molecule has 1 aliphatic rings. The summed E-state index contributed by atoms with van der Waals surface area (Å²) in [5.74, 6) is -0.912. The van der Waals surface area contributed by atoms with Gasteiger partial charge in [0.15, 0.2) is 0 Å². The van der Waals surface area contributed by atoms with E-state index in [9.17, 15) is 9.59 Å². The van der Waals surface area contributed by atoms with E-state index in [2.05, 4.69) is 0 Å². The first-order valence-electron chi connectivity index (χ1n) is 5.76. The minimum absolute atomic E-state index is 0.0718. The molecule has 1 aliphatic heterocycles. The van der Waals surface area contributed by atoms with E-state index in [1.807, 2.05) is 13.8 Å². The van der Waals surface area contributed by atoms with Crippen molar-refractivity contribution in [3.63, 3.8) is 0 Å². The summed E-state index contributed by atoms with van der Waals surface area (Å²) in [7, 11) is 1.72. The molecule has 0 spiro atoms. The number of carbonyl (C=O) groups excluding carboxylic acids is 1. The van der Waals surface area contributed by atoms with Crippen LogP contribution in [0, 0.1) is 0 Å². The summed E-state index contributed by atoms with van der Waals surface area (Å²) in [6.07, 6.45) is -0.0718. The molecule has 98 valence electrons. The smallest absolute Gasteiger partial charge is 0.320 e. The van der Waals surface area contributed by atoms with Gasteiger partial charge in [0, 0.05) is 19.6 Å². The second kappa shape index (κ2) is 5.86. The normalized spacial score (nSPS) is 20.5. The number of amides is 2. The maximum atomic E-state index is 12.1. The fourth-order valence-corrected chi connectivity index (χ4v) is 1.70. The predicted octanol–water partition coefficient (Wildman–Crippen LogP) is 0.622. The molecule has 1 saturated heterocycles. The Kier molecular flexibility index (Phi) is 4.74. The number of morpholine rings is 1. The molecule has 1 rings (SSSR count). The SMILES string of the molecule is CC(C)N(C)C(=O)N1CCOCC1CC(=O)O. The number of hydrogen-bond acceptors (Lipinski definition) is 3. The highest BCUT2D eigenvalue weighted by Crippen LogP contribution is 2.14. The standard InChI is InChI=1S/C11H20N2O4/c1-8(2)12(3)11(16)13-4-5-17-7-9(13)6-10(14)15/h8-9H,4-7H2,1-3H3,(H,14,15). The Balaban J connectivity index is 2.70. The summed E-state index contributed by atoms with van der Waals surface area (Å²) >= 11 is 0. The molecule has 2 amide bonds. The highest BCUT2D eigenvalue weighted by atomic mass is 16.5. The van der Waals surface area contributed by atoms with E-state index in [1.54, 1.807) is 16.8 Å². The fourth-order valence-electron chi connectivity index (χ4n) is 1.70. The molecule has 0 aromatic heterocycles. The van der Waals surface area contributed by atoms with Crippen molar-refractivity contribution in [2.75, 3.05) is 26.8 Å². The molecule has 0 aliphatic carbocycles. The van der Waals surface area contributed by atoms with Crippen molar-refractivity contribution in [3.05, 3.63) is 0 Å². The second-order valence-corrected chi connectivity index (χ2v) is 4.51. The van der Waals surface area contributed by atoms with Crippen LogP contribution >= 0.6 is 0 Å². The molecule has 1 heterocycles. The summed E-state index contributed by atoms with van der Waals surface area (Å²) in [5.41, 5.74) is 0. The van der Waals surface area contributed by atoms with Crippen molar-refractivity contribution in [3.8, 4) is 0 Å². The van der Waals surface area contributed by atoms with Crippen LogP contribution in [0.2, 0.25) is 0 Å². The van der Waals surface area contributed by atoms with Gasteiger partial charge in [-0.15, -0.1) is 0 Å². The first-order chi connectivity index (χ1) is 7.93. The molecule has 1 atom stereocenters. The van der Waals surface area contributed by atoms with Crippen molar-refractivity contribution in [1.82, 2.24) is 9.80 Å². The van der Waals surface area contributed by atoms with Crippen LogP contribution in [0.3, 0.4) is 0 Å². The molecule has 0 saturated carbocycles. The van der Waals surface area contributed by atoms with Crippen LogP contribution in [0.4, 0.5) is 4.79 Å². The van der Waals surface area contributed by atoms with Crippen LogP contribution in [-0.4, -0.2) is 65.8 Å². The second-order valence-electron chi connectivity index (χ2n) is 4.51. The molecular formula is C11H20N2O4. The maximum absolute atomic E-state index is 12.1. The topological polar surface area (TPSA) is 70.1 Å².